The maximum absolute atomic E-state index is 11.4. The molecule has 1 aromatic rings. The van der Waals surface area contributed by atoms with Crippen LogP contribution in [0.5, 0.6) is 0 Å². The molecule has 1 fully saturated rings. The number of hydrogen-bond donors (Lipinski definition) is 1. The average molecular weight is 305 g/mol. The van der Waals surface area contributed by atoms with Gasteiger partial charge >= 0.3 is 0 Å². The minimum absolute atomic E-state index is 0.0759. The highest BCUT2D eigenvalue weighted by Crippen LogP contribution is 2.25. The van der Waals surface area contributed by atoms with Gasteiger partial charge in [-0.05, 0) is 40.4 Å². The molecule has 1 saturated heterocycles. The van der Waals surface area contributed by atoms with E-state index in [-0.39, 0.29) is 11.5 Å². The molecule has 0 bridgehead atoms. The third-order valence-electron chi connectivity index (χ3n) is 2.74. The van der Waals surface area contributed by atoms with Gasteiger partial charge in [-0.15, -0.1) is 0 Å². The number of pyridine rings is 1. The van der Waals surface area contributed by atoms with Gasteiger partial charge in [0.25, 0.3) is 0 Å². The van der Waals surface area contributed by atoms with Crippen molar-refractivity contribution in [1.29, 1.82) is 0 Å². The zero-order chi connectivity index (χ0) is 11.8. The first kappa shape index (κ1) is 12.0. The molecule has 0 aromatic carbocycles. The Bertz CT molecular complexity index is 503. The van der Waals surface area contributed by atoms with E-state index in [9.17, 15) is 8.42 Å². The molecular formula is C10H13BrN2O2S. The van der Waals surface area contributed by atoms with E-state index in [1.54, 1.807) is 12.4 Å². The van der Waals surface area contributed by atoms with Crippen molar-refractivity contribution in [1.82, 2.24) is 4.98 Å². The van der Waals surface area contributed by atoms with Crippen LogP contribution in [0.4, 0.5) is 0 Å². The number of hydrogen-bond acceptors (Lipinski definition) is 4. The van der Waals surface area contributed by atoms with Crippen LogP contribution in [-0.2, 0) is 16.3 Å². The molecule has 1 aliphatic heterocycles. The minimum Gasteiger partial charge on any atom is -0.324 e. The molecule has 2 N–H and O–H groups in total. The molecule has 0 spiro atoms. The van der Waals surface area contributed by atoms with Crippen molar-refractivity contribution < 1.29 is 8.42 Å². The van der Waals surface area contributed by atoms with Gasteiger partial charge in [0.15, 0.2) is 9.84 Å². The molecule has 0 amide bonds. The van der Waals surface area contributed by atoms with E-state index in [2.05, 4.69) is 20.9 Å². The Morgan fingerprint density at radius 3 is 2.81 bits per heavy atom. The highest BCUT2D eigenvalue weighted by atomic mass is 79.9. The van der Waals surface area contributed by atoms with Crippen LogP contribution in [0.1, 0.15) is 12.0 Å². The van der Waals surface area contributed by atoms with Gasteiger partial charge in [0.1, 0.15) is 0 Å². The summed E-state index contributed by atoms with van der Waals surface area (Å²) in [7, 11) is -2.94. The molecule has 1 atom stereocenters. The first-order valence-electron chi connectivity index (χ1n) is 4.97. The average Bonchev–Trinajstić information content (AvgIpc) is 2.40. The molecule has 0 aliphatic carbocycles. The molecule has 2 rings (SSSR count). The van der Waals surface area contributed by atoms with Crippen LogP contribution < -0.4 is 5.73 Å². The molecular weight excluding hydrogens is 292 g/mol. The van der Waals surface area contributed by atoms with Crippen molar-refractivity contribution in [2.24, 2.45) is 5.73 Å². The van der Waals surface area contributed by atoms with Crippen LogP contribution in [0.15, 0.2) is 22.9 Å². The predicted molar refractivity (Wildman–Crippen MR) is 65.8 cm³/mol. The molecule has 4 nitrogen and oxygen atoms in total. The van der Waals surface area contributed by atoms with E-state index < -0.39 is 15.4 Å². The number of sulfone groups is 1. The van der Waals surface area contributed by atoms with E-state index in [1.165, 1.54) is 0 Å². The molecule has 0 saturated carbocycles. The lowest BCUT2D eigenvalue weighted by Gasteiger charge is -2.21. The van der Waals surface area contributed by atoms with Gasteiger partial charge in [-0.3, -0.25) is 4.98 Å². The van der Waals surface area contributed by atoms with Gasteiger partial charge in [0.05, 0.1) is 11.5 Å². The third-order valence-corrected chi connectivity index (χ3v) is 5.01. The van der Waals surface area contributed by atoms with Gasteiger partial charge in [-0.2, -0.15) is 0 Å². The summed E-state index contributed by atoms with van der Waals surface area (Å²) < 4.78 is 23.7. The number of nitrogens with zero attached hydrogens (tertiary/aromatic N) is 1. The van der Waals surface area contributed by atoms with Gasteiger partial charge in [0.2, 0.25) is 0 Å². The van der Waals surface area contributed by atoms with Crippen molar-refractivity contribution in [3.8, 4) is 0 Å². The van der Waals surface area contributed by atoms with Gasteiger partial charge < -0.3 is 5.73 Å². The molecule has 88 valence electrons. The second-order valence-electron chi connectivity index (χ2n) is 4.39. The van der Waals surface area contributed by atoms with Crippen LogP contribution in [-0.4, -0.2) is 30.4 Å². The molecule has 0 radical (unpaired) electrons. The molecule has 6 heteroatoms. The quantitative estimate of drug-likeness (QED) is 0.881. The second-order valence-corrected chi connectivity index (χ2v) is 7.49. The van der Waals surface area contributed by atoms with Gasteiger partial charge in [-0.1, -0.05) is 0 Å². The Morgan fingerprint density at radius 1 is 1.50 bits per heavy atom. The predicted octanol–water partition coefficient (Wildman–Crippen LogP) is 0.903. The standard InChI is InChI=1S/C10H13BrN2O2S/c11-9-3-8(5-13-6-9)4-10(12)1-2-16(14,15)7-10/h3,5-6H,1-2,4,7,12H2. The van der Waals surface area contributed by atoms with E-state index >= 15 is 0 Å². The smallest absolute Gasteiger partial charge is 0.152 e. The summed E-state index contributed by atoms with van der Waals surface area (Å²) in [5.41, 5.74) is 6.44. The minimum atomic E-state index is -2.94. The van der Waals surface area contributed by atoms with Crippen molar-refractivity contribution in [2.45, 2.75) is 18.4 Å². The monoisotopic (exact) mass is 304 g/mol. The van der Waals surface area contributed by atoms with Crippen LogP contribution in [0.3, 0.4) is 0 Å². The zero-order valence-corrected chi connectivity index (χ0v) is 11.1. The van der Waals surface area contributed by atoms with E-state index in [0.717, 1.165) is 10.0 Å². The molecule has 1 aromatic heterocycles. The van der Waals surface area contributed by atoms with Gasteiger partial charge in [-0.25, -0.2) is 8.42 Å². The summed E-state index contributed by atoms with van der Waals surface area (Å²) in [5, 5.41) is 0. The van der Waals surface area contributed by atoms with Crippen molar-refractivity contribution in [3.63, 3.8) is 0 Å². The highest BCUT2D eigenvalue weighted by Gasteiger charge is 2.38. The van der Waals surface area contributed by atoms with Crippen molar-refractivity contribution in [3.05, 3.63) is 28.5 Å². The van der Waals surface area contributed by atoms with Gasteiger partial charge in [0, 0.05) is 22.4 Å². The summed E-state index contributed by atoms with van der Waals surface area (Å²) in [4.78, 5) is 4.04. The summed E-state index contributed by atoms with van der Waals surface area (Å²) in [5.74, 6) is 0.275. The maximum atomic E-state index is 11.4. The van der Waals surface area contributed by atoms with Crippen LogP contribution in [0, 0.1) is 0 Å². The Morgan fingerprint density at radius 2 is 2.25 bits per heavy atom. The lowest BCUT2D eigenvalue weighted by Crippen LogP contribution is -2.43. The molecule has 16 heavy (non-hydrogen) atoms. The second kappa shape index (κ2) is 4.09. The number of nitrogens with two attached hydrogens (primary N) is 1. The molecule has 1 unspecified atom stereocenters. The lowest BCUT2D eigenvalue weighted by molar-refractivity contribution is 0.476. The fourth-order valence-electron chi connectivity index (χ4n) is 2.04. The van der Waals surface area contributed by atoms with E-state index in [4.69, 9.17) is 5.73 Å². The van der Waals surface area contributed by atoms with Crippen molar-refractivity contribution in [2.75, 3.05) is 11.5 Å². The van der Waals surface area contributed by atoms with E-state index in [0.29, 0.717) is 12.8 Å². The summed E-state index contributed by atoms with van der Waals surface area (Å²) >= 11 is 3.33. The molecule has 1 aliphatic rings. The normalized spacial score (nSPS) is 28.1. The largest absolute Gasteiger partial charge is 0.324 e. The Balaban J connectivity index is 2.16. The Hall–Kier alpha value is -0.460. The third kappa shape index (κ3) is 2.81. The fourth-order valence-corrected chi connectivity index (χ4v) is 4.44. The van der Waals surface area contributed by atoms with Crippen LogP contribution >= 0.6 is 15.9 Å². The van der Waals surface area contributed by atoms with E-state index in [1.807, 2.05) is 6.07 Å². The first-order valence-corrected chi connectivity index (χ1v) is 7.59. The number of halogens is 1. The SMILES string of the molecule is NC1(Cc2cncc(Br)c2)CCS(=O)(=O)C1. The fraction of sp³-hybridized carbons (Fsp3) is 0.500. The Labute approximate surface area is 103 Å². The highest BCUT2D eigenvalue weighted by molar-refractivity contribution is 9.10. The summed E-state index contributed by atoms with van der Waals surface area (Å²) in [6, 6.07) is 1.92. The molecule has 2 heterocycles. The summed E-state index contributed by atoms with van der Waals surface area (Å²) in [6.07, 6.45) is 4.50. The number of rotatable bonds is 2. The van der Waals surface area contributed by atoms with Crippen LogP contribution in [0.25, 0.3) is 0 Å². The number of aromatic nitrogens is 1. The van der Waals surface area contributed by atoms with Crippen LogP contribution in [0.2, 0.25) is 0 Å². The first-order chi connectivity index (χ1) is 7.39. The Kier molecular flexibility index (Phi) is 3.07. The summed E-state index contributed by atoms with van der Waals surface area (Å²) in [6.45, 7) is 0. The van der Waals surface area contributed by atoms with Crippen molar-refractivity contribution >= 4 is 25.8 Å². The lowest BCUT2D eigenvalue weighted by atomic mass is 9.92. The topological polar surface area (TPSA) is 73.0 Å². The maximum Gasteiger partial charge on any atom is 0.152 e. The zero-order valence-electron chi connectivity index (χ0n) is 8.69.